The van der Waals surface area contributed by atoms with Crippen molar-refractivity contribution in [3.05, 3.63) is 33.9 Å². The van der Waals surface area contributed by atoms with Crippen molar-refractivity contribution >= 4 is 17.7 Å². The highest BCUT2D eigenvalue weighted by Gasteiger charge is 2.19. The molecule has 0 bridgehead atoms. The Hall–Kier alpha value is -2.57. The first-order valence-electron chi connectivity index (χ1n) is 5.39. The number of rotatable bonds is 5. The van der Waals surface area contributed by atoms with Crippen molar-refractivity contribution in [2.75, 3.05) is 13.7 Å². The predicted octanol–water partition coefficient (Wildman–Crippen LogP) is 1.89. The maximum Gasteiger partial charge on any atom is 0.330 e. The first-order chi connectivity index (χ1) is 8.99. The monoisotopic (exact) mass is 267 g/mol. The van der Waals surface area contributed by atoms with Gasteiger partial charge in [0.25, 0.3) is 0 Å². The van der Waals surface area contributed by atoms with Gasteiger partial charge >= 0.3 is 11.7 Å². The standard InChI is InChI=1S/C12H13NO6/c1-3-19-11(14)5-4-8-6-9(13(16)17)12(15)10(7-8)18-2/h4-7,15H,3H2,1-2H3/b5-4+. The summed E-state index contributed by atoms with van der Waals surface area (Å²) in [4.78, 5) is 21.2. The number of esters is 1. The van der Waals surface area contributed by atoms with E-state index >= 15 is 0 Å². The second-order valence-corrected chi connectivity index (χ2v) is 3.43. The number of ether oxygens (including phenoxy) is 2. The number of nitro benzene ring substituents is 1. The van der Waals surface area contributed by atoms with Gasteiger partial charge in [-0.25, -0.2) is 4.79 Å². The van der Waals surface area contributed by atoms with Crippen LogP contribution in [0.2, 0.25) is 0 Å². The van der Waals surface area contributed by atoms with Crippen LogP contribution >= 0.6 is 0 Å². The molecule has 7 heteroatoms. The first-order valence-corrected chi connectivity index (χ1v) is 5.39. The van der Waals surface area contributed by atoms with Crippen LogP contribution in [0.3, 0.4) is 0 Å². The molecule has 0 aliphatic carbocycles. The molecular weight excluding hydrogens is 254 g/mol. The van der Waals surface area contributed by atoms with Gasteiger partial charge in [0, 0.05) is 12.1 Å². The lowest BCUT2D eigenvalue weighted by Gasteiger charge is -2.05. The Bertz CT molecular complexity index is 523. The van der Waals surface area contributed by atoms with Gasteiger partial charge < -0.3 is 14.6 Å². The minimum Gasteiger partial charge on any atom is -0.500 e. The molecule has 0 amide bonds. The summed E-state index contributed by atoms with van der Waals surface area (Å²) in [5, 5.41) is 20.3. The van der Waals surface area contributed by atoms with Gasteiger partial charge in [0.1, 0.15) is 0 Å². The van der Waals surface area contributed by atoms with Gasteiger partial charge in [-0.2, -0.15) is 0 Å². The molecule has 0 aliphatic heterocycles. The fourth-order valence-electron chi connectivity index (χ4n) is 1.36. The number of benzene rings is 1. The van der Waals surface area contributed by atoms with Crippen LogP contribution in [0.15, 0.2) is 18.2 Å². The average Bonchev–Trinajstić information content (AvgIpc) is 2.37. The average molecular weight is 267 g/mol. The molecule has 1 N–H and O–H groups in total. The summed E-state index contributed by atoms with van der Waals surface area (Å²) in [6, 6.07) is 2.51. The third kappa shape index (κ3) is 3.70. The molecule has 0 atom stereocenters. The highest BCUT2D eigenvalue weighted by Crippen LogP contribution is 2.37. The molecule has 0 unspecified atom stereocenters. The molecule has 0 aliphatic rings. The lowest BCUT2D eigenvalue weighted by molar-refractivity contribution is -0.386. The molecule has 7 nitrogen and oxygen atoms in total. The van der Waals surface area contributed by atoms with Crippen LogP contribution in [0.25, 0.3) is 6.08 Å². The molecule has 0 saturated carbocycles. The smallest absolute Gasteiger partial charge is 0.330 e. The summed E-state index contributed by atoms with van der Waals surface area (Å²) in [5.41, 5.74) is -0.155. The Morgan fingerprint density at radius 1 is 1.53 bits per heavy atom. The topological polar surface area (TPSA) is 98.9 Å². The largest absolute Gasteiger partial charge is 0.500 e. The molecule has 19 heavy (non-hydrogen) atoms. The maximum absolute atomic E-state index is 11.1. The Morgan fingerprint density at radius 2 is 2.21 bits per heavy atom. The van der Waals surface area contributed by atoms with Gasteiger partial charge in [-0.05, 0) is 24.6 Å². The number of phenols is 1. The second kappa shape index (κ2) is 6.39. The van der Waals surface area contributed by atoms with Crippen molar-refractivity contribution in [3.63, 3.8) is 0 Å². The zero-order valence-electron chi connectivity index (χ0n) is 10.5. The first kappa shape index (κ1) is 14.5. The number of nitro groups is 1. The minimum absolute atomic E-state index is 0.0438. The van der Waals surface area contributed by atoms with E-state index in [1.807, 2.05) is 0 Å². The van der Waals surface area contributed by atoms with Crippen molar-refractivity contribution in [2.45, 2.75) is 6.92 Å². The Morgan fingerprint density at radius 3 is 2.74 bits per heavy atom. The third-order valence-corrected chi connectivity index (χ3v) is 2.19. The predicted molar refractivity (Wildman–Crippen MR) is 67.0 cm³/mol. The fourth-order valence-corrected chi connectivity index (χ4v) is 1.36. The van der Waals surface area contributed by atoms with Crippen LogP contribution in [-0.4, -0.2) is 29.7 Å². The van der Waals surface area contributed by atoms with Crippen molar-refractivity contribution in [2.24, 2.45) is 0 Å². The van der Waals surface area contributed by atoms with Gasteiger partial charge in [0.15, 0.2) is 5.75 Å². The zero-order chi connectivity index (χ0) is 14.4. The van der Waals surface area contributed by atoms with E-state index in [-0.39, 0.29) is 12.4 Å². The van der Waals surface area contributed by atoms with E-state index in [1.54, 1.807) is 6.92 Å². The summed E-state index contributed by atoms with van der Waals surface area (Å²) in [5.74, 6) is -1.16. The zero-order valence-corrected chi connectivity index (χ0v) is 10.5. The molecule has 0 fully saturated rings. The summed E-state index contributed by atoms with van der Waals surface area (Å²) in [6.45, 7) is 1.91. The van der Waals surface area contributed by atoms with E-state index in [0.29, 0.717) is 5.56 Å². The number of nitrogens with zero attached hydrogens (tertiary/aromatic N) is 1. The Labute approximate surface area is 109 Å². The summed E-state index contributed by atoms with van der Waals surface area (Å²) < 4.78 is 9.51. The summed E-state index contributed by atoms with van der Waals surface area (Å²) in [6.07, 6.45) is 2.48. The number of hydrogen-bond donors (Lipinski definition) is 1. The fraction of sp³-hybridized carbons (Fsp3) is 0.250. The van der Waals surface area contributed by atoms with E-state index in [0.717, 1.165) is 12.1 Å². The highest BCUT2D eigenvalue weighted by atomic mass is 16.6. The number of phenolic OH excluding ortho intramolecular Hbond substituents is 1. The van der Waals surface area contributed by atoms with Crippen molar-refractivity contribution in [1.82, 2.24) is 0 Å². The molecule has 0 heterocycles. The van der Waals surface area contributed by atoms with Crippen LogP contribution in [0.5, 0.6) is 11.5 Å². The molecular formula is C12H13NO6. The van der Waals surface area contributed by atoms with Gasteiger partial charge in [0.2, 0.25) is 5.75 Å². The number of methoxy groups -OCH3 is 1. The van der Waals surface area contributed by atoms with Crippen LogP contribution in [-0.2, 0) is 9.53 Å². The quantitative estimate of drug-likeness (QED) is 0.378. The molecule has 1 rings (SSSR count). The van der Waals surface area contributed by atoms with Gasteiger partial charge in [-0.15, -0.1) is 0 Å². The molecule has 102 valence electrons. The molecule has 0 saturated heterocycles. The van der Waals surface area contributed by atoms with Gasteiger partial charge in [0.05, 0.1) is 18.6 Å². The lowest BCUT2D eigenvalue weighted by atomic mass is 10.1. The van der Waals surface area contributed by atoms with Gasteiger partial charge in [-0.1, -0.05) is 0 Å². The minimum atomic E-state index is -0.737. The summed E-state index contributed by atoms with van der Waals surface area (Å²) in [7, 11) is 1.28. The van der Waals surface area contributed by atoms with Crippen molar-refractivity contribution in [3.8, 4) is 11.5 Å². The number of aromatic hydroxyl groups is 1. The number of carbonyl (C=O) groups is 1. The molecule has 0 radical (unpaired) electrons. The molecule has 0 aromatic heterocycles. The van der Waals surface area contributed by atoms with E-state index in [4.69, 9.17) is 4.74 Å². The van der Waals surface area contributed by atoms with Crippen LogP contribution in [0, 0.1) is 10.1 Å². The molecule has 0 spiro atoms. The van der Waals surface area contributed by atoms with E-state index in [1.165, 1.54) is 19.3 Å². The Balaban J connectivity index is 3.12. The molecule has 1 aromatic rings. The van der Waals surface area contributed by atoms with E-state index in [9.17, 15) is 20.0 Å². The van der Waals surface area contributed by atoms with Crippen molar-refractivity contribution < 1.29 is 24.3 Å². The summed E-state index contributed by atoms with van der Waals surface area (Å²) >= 11 is 0. The number of hydrogen-bond acceptors (Lipinski definition) is 6. The lowest BCUT2D eigenvalue weighted by Crippen LogP contribution is -1.98. The van der Waals surface area contributed by atoms with Crippen molar-refractivity contribution in [1.29, 1.82) is 0 Å². The highest BCUT2D eigenvalue weighted by molar-refractivity contribution is 5.87. The van der Waals surface area contributed by atoms with Gasteiger partial charge in [-0.3, -0.25) is 10.1 Å². The maximum atomic E-state index is 11.1. The van der Waals surface area contributed by atoms with E-state index < -0.39 is 22.3 Å². The number of carbonyl (C=O) groups excluding carboxylic acids is 1. The normalized spacial score (nSPS) is 10.4. The van der Waals surface area contributed by atoms with Crippen LogP contribution in [0.1, 0.15) is 12.5 Å². The third-order valence-electron chi connectivity index (χ3n) is 2.19. The SMILES string of the molecule is CCOC(=O)/C=C/c1cc(OC)c(O)c([N+](=O)[O-])c1. The second-order valence-electron chi connectivity index (χ2n) is 3.43. The Kier molecular flexibility index (Phi) is 4.87. The van der Waals surface area contributed by atoms with Crippen LogP contribution in [0.4, 0.5) is 5.69 Å². The van der Waals surface area contributed by atoms with E-state index in [2.05, 4.69) is 4.74 Å². The van der Waals surface area contributed by atoms with Crippen LogP contribution < -0.4 is 4.74 Å². The molecule has 1 aromatic carbocycles.